The smallest absolute Gasteiger partial charge is 0.316 e. The minimum Gasteiger partial charge on any atom is -0.392 e. The van der Waals surface area contributed by atoms with E-state index in [0.717, 1.165) is 0 Å². The SMILES string of the molecule is NC(=O)Nc1ccc(C(=O)Nc2ccccc2CO)cc1. The summed E-state index contributed by atoms with van der Waals surface area (Å²) >= 11 is 0. The van der Waals surface area contributed by atoms with Gasteiger partial charge >= 0.3 is 6.03 Å². The summed E-state index contributed by atoms with van der Waals surface area (Å²) in [5.41, 5.74) is 7.14. The Morgan fingerprint density at radius 1 is 1.00 bits per heavy atom. The van der Waals surface area contributed by atoms with Crippen molar-refractivity contribution in [3.05, 3.63) is 59.7 Å². The number of amides is 3. The molecule has 0 aliphatic carbocycles. The van der Waals surface area contributed by atoms with Crippen LogP contribution in [0.15, 0.2) is 48.5 Å². The number of hydrogen-bond donors (Lipinski definition) is 4. The van der Waals surface area contributed by atoms with Gasteiger partial charge in [0.25, 0.3) is 5.91 Å². The molecule has 0 radical (unpaired) electrons. The number of primary amides is 1. The lowest BCUT2D eigenvalue weighted by Gasteiger charge is -2.09. The van der Waals surface area contributed by atoms with Crippen LogP contribution in [0.4, 0.5) is 16.2 Å². The first-order valence-electron chi connectivity index (χ1n) is 6.27. The van der Waals surface area contributed by atoms with E-state index in [0.29, 0.717) is 22.5 Å². The molecule has 0 atom stereocenters. The molecule has 0 heterocycles. The van der Waals surface area contributed by atoms with Crippen LogP contribution in [0.25, 0.3) is 0 Å². The molecule has 0 spiro atoms. The van der Waals surface area contributed by atoms with Gasteiger partial charge in [-0.25, -0.2) is 4.79 Å². The Morgan fingerprint density at radius 2 is 1.67 bits per heavy atom. The summed E-state index contributed by atoms with van der Waals surface area (Å²) < 4.78 is 0. The van der Waals surface area contributed by atoms with Gasteiger partial charge in [-0.05, 0) is 30.3 Å². The number of hydrogen-bond acceptors (Lipinski definition) is 3. The van der Waals surface area contributed by atoms with Gasteiger partial charge in [0.15, 0.2) is 0 Å². The van der Waals surface area contributed by atoms with Gasteiger partial charge in [-0.1, -0.05) is 18.2 Å². The van der Waals surface area contributed by atoms with E-state index in [-0.39, 0.29) is 12.5 Å². The maximum absolute atomic E-state index is 12.1. The molecule has 0 fully saturated rings. The van der Waals surface area contributed by atoms with Crippen LogP contribution in [0.1, 0.15) is 15.9 Å². The highest BCUT2D eigenvalue weighted by molar-refractivity contribution is 6.05. The summed E-state index contributed by atoms with van der Waals surface area (Å²) in [5, 5.41) is 14.4. The van der Waals surface area contributed by atoms with Crippen LogP contribution in [0.5, 0.6) is 0 Å². The van der Waals surface area contributed by atoms with Crippen LogP contribution in [0, 0.1) is 0 Å². The van der Waals surface area contributed by atoms with E-state index in [1.807, 2.05) is 0 Å². The van der Waals surface area contributed by atoms with Gasteiger partial charge < -0.3 is 21.5 Å². The Bertz CT molecular complexity index is 653. The molecule has 0 unspecified atom stereocenters. The molecular formula is C15H15N3O3. The van der Waals surface area contributed by atoms with Crippen molar-refractivity contribution in [3.8, 4) is 0 Å². The van der Waals surface area contributed by atoms with Crippen molar-refractivity contribution in [2.75, 3.05) is 10.6 Å². The van der Waals surface area contributed by atoms with Crippen LogP contribution in [0.3, 0.4) is 0 Å². The van der Waals surface area contributed by atoms with Crippen molar-refractivity contribution in [1.82, 2.24) is 0 Å². The van der Waals surface area contributed by atoms with Gasteiger partial charge in [-0.2, -0.15) is 0 Å². The topological polar surface area (TPSA) is 104 Å². The molecular weight excluding hydrogens is 270 g/mol. The first kappa shape index (κ1) is 14.5. The quantitative estimate of drug-likeness (QED) is 0.689. The van der Waals surface area contributed by atoms with Gasteiger partial charge in [-0.15, -0.1) is 0 Å². The van der Waals surface area contributed by atoms with E-state index >= 15 is 0 Å². The summed E-state index contributed by atoms with van der Waals surface area (Å²) in [6, 6.07) is 12.6. The lowest BCUT2D eigenvalue weighted by molar-refractivity contribution is 0.102. The van der Waals surface area contributed by atoms with Crippen LogP contribution in [-0.4, -0.2) is 17.0 Å². The molecule has 3 amide bonds. The molecule has 2 rings (SSSR count). The second-order valence-corrected chi connectivity index (χ2v) is 4.34. The zero-order chi connectivity index (χ0) is 15.2. The molecule has 0 aliphatic rings. The van der Waals surface area contributed by atoms with Crippen molar-refractivity contribution >= 4 is 23.3 Å². The van der Waals surface area contributed by atoms with Crippen LogP contribution in [-0.2, 0) is 6.61 Å². The molecule has 6 nitrogen and oxygen atoms in total. The molecule has 0 saturated carbocycles. The number of rotatable bonds is 4. The number of nitrogens with one attached hydrogen (secondary N) is 2. The fraction of sp³-hybridized carbons (Fsp3) is 0.0667. The van der Waals surface area contributed by atoms with E-state index in [9.17, 15) is 14.7 Å². The summed E-state index contributed by atoms with van der Waals surface area (Å²) in [6.07, 6.45) is 0. The fourth-order valence-electron chi connectivity index (χ4n) is 1.82. The van der Waals surface area contributed by atoms with Gasteiger partial charge in [0, 0.05) is 22.5 Å². The second-order valence-electron chi connectivity index (χ2n) is 4.34. The number of para-hydroxylation sites is 1. The highest BCUT2D eigenvalue weighted by atomic mass is 16.3. The molecule has 108 valence electrons. The van der Waals surface area contributed by atoms with Crippen molar-refractivity contribution in [2.24, 2.45) is 5.73 Å². The van der Waals surface area contributed by atoms with Crippen molar-refractivity contribution in [2.45, 2.75) is 6.61 Å². The van der Waals surface area contributed by atoms with Crippen molar-refractivity contribution in [3.63, 3.8) is 0 Å². The molecule has 0 saturated heterocycles. The average molecular weight is 285 g/mol. The van der Waals surface area contributed by atoms with E-state index < -0.39 is 6.03 Å². The number of carbonyl (C=O) groups is 2. The predicted molar refractivity (Wildman–Crippen MR) is 80.0 cm³/mol. The molecule has 2 aromatic rings. The largest absolute Gasteiger partial charge is 0.392 e. The van der Waals surface area contributed by atoms with Gasteiger partial charge in [-0.3, -0.25) is 4.79 Å². The first-order valence-corrected chi connectivity index (χ1v) is 6.27. The Balaban J connectivity index is 2.11. The third-order valence-corrected chi connectivity index (χ3v) is 2.85. The molecule has 21 heavy (non-hydrogen) atoms. The lowest BCUT2D eigenvalue weighted by atomic mass is 10.1. The molecule has 0 aliphatic heterocycles. The molecule has 0 bridgehead atoms. The van der Waals surface area contributed by atoms with E-state index in [2.05, 4.69) is 10.6 Å². The minimum absolute atomic E-state index is 0.155. The minimum atomic E-state index is -0.663. The predicted octanol–water partition coefficient (Wildman–Crippen LogP) is 1.92. The molecule has 5 N–H and O–H groups in total. The molecule has 0 aromatic heterocycles. The van der Waals surface area contributed by atoms with Gasteiger partial charge in [0.1, 0.15) is 0 Å². The number of carbonyl (C=O) groups excluding carboxylic acids is 2. The summed E-state index contributed by atoms with van der Waals surface area (Å²) in [6.45, 7) is -0.155. The maximum atomic E-state index is 12.1. The zero-order valence-electron chi connectivity index (χ0n) is 11.2. The Labute approximate surface area is 121 Å². The van der Waals surface area contributed by atoms with E-state index in [1.54, 1.807) is 48.5 Å². The van der Waals surface area contributed by atoms with Crippen LogP contribution in [0.2, 0.25) is 0 Å². The first-order chi connectivity index (χ1) is 10.1. The van der Waals surface area contributed by atoms with E-state index in [4.69, 9.17) is 5.73 Å². The summed E-state index contributed by atoms with van der Waals surface area (Å²) in [4.78, 5) is 22.8. The van der Waals surface area contributed by atoms with Crippen LogP contribution < -0.4 is 16.4 Å². The normalized spacial score (nSPS) is 9.95. The third kappa shape index (κ3) is 3.80. The van der Waals surface area contributed by atoms with Gasteiger partial charge in [0.2, 0.25) is 0 Å². The summed E-state index contributed by atoms with van der Waals surface area (Å²) in [7, 11) is 0. The Morgan fingerprint density at radius 3 is 2.29 bits per heavy atom. The van der Waals surface area contributed by atoms with Gasteiger partial charge in [0.05, 0.1) is 6.61 Å². The average Bonchev–Trinajstić information content (AvgIpc) is 2.48. The number of nitrogens with two attached hydrogens (primary N) is 1. The highest BCUT2D eigenvalue weighted by Gasteiger charge is 2.08. The molecule has 6 heteroatoms. The standard InChI is InChI=1S/C15H15N3O3/c16-15(21)17-12-7-5-10(6-8-12)14(20)18-13-4-2-1-3-11(13)9-19/h1-8,19H,9H2,(H,18,20)(H3,16,17,21). The third-order valence-electron chi connectivity index (χ3n) is 2.85. The van der Waals surface area contributed by atoms with E-state index in [1.165, 1.54) is 0 Å². The fourth-order valence-corrected chi connectivity index (χ4v) is 1.82. The maximum Gasteiger partial charge on any atom is 0.316 e. The van der Waals surface area contributed by atoms with Crippen LogP contribution >= 0.6 is 0 Å². The monoisotopic (exact) mass is 285 g/mol. The number of aliphatic hydroxyl groups excluding tert-OH is 1. The Hall–Kier alpha value is -2.86. The molecule has 2 aromatic carbocycles. The highest BCUT2D eigenvalue weighted by Crippen LogP contribution is 2.17. The van der Waals surface area contributed by atoms with Crippen molar-refractivity contribution < 1.29 is 14.7 Å². The summed E-state index contributed by atoms with van der Waals surface area (Å²) in [5.74, 6) is -0.304. The Kier molecular flexibility index (Phi) is 4.53. The number of anilines is 2. The number of aliphatic hydroxyl groups is 1. The second kappa shape index (κ2) is 6.53. The lowest BCUT2D eigenvalue weighted by Crippen LogP contribution is -2.19. The number of urea groups is 1. The number of benzene rings is 2. The van der Waals surface area contributed by atoms with Crippen molar-refractivity contribution in [1.29, 1.82) is 0 Å². The zero-order valence-corrected chi connectivity index (χ0v) is 11.2.